The summed E-state index contributed by atoms with van der Waals surface area (Å²) in [7, 11) is -1.65. The Morgan fingerprint density at radius 3 is 2.50 bits per heavy atom. The van der Waals surface area contributed by atoms with Crippen molar-refractivity contribution in [1.29, 1.82) is 0 Å². The first-order chi connectivity index (χ1) is 12.4. The lowest BCUT2D eigenvalue weighted by atomic mass is 9.98. The Kier molecular flexibility index (Phi) is 5.48. The van der Waals surface area contributed by atoms with E-state index in [0.29, 0.717) is 15.8 Å². The number of aromatic amines is 1. The second-order valence-electron chi connectivity index (χ2n) is 6.21. The van der Waals surface area contributed by atoms with Gasteiger partial charge >= 0.3 is 0 Å². The van der Waals surface area contributed by atoms with Gasteiger partial charge in [-0.25, -0.2) is 0 Å². The molecule has 26 heavy (non-hydrogen) atoms. The Morgan fingerprint density at radius 2 is 1.96 bits per heavy atom. The summed E-state index contributed by atoms with van der Waals surface area (Å²) in [4.78, 5) is 12.5. The summed E-state index contributed by atoms with van der Waals surface area (Å²) in [6.45, 7) is 0.236. The number of aromatic nitrogens is 2. The summed E-state index contributed by atoms with van der Waals surface area (Å²) in [6, 6.07) is 9.91. The molecule has 1 aliphatic heterocycles. The van der Waals surface area contributed by atoms with Gasteiger partial charge in [0.25, 0.3) is 0 Å². The Bertz CT molecular complexity index is 877. The van der Waals surface area contributed by atoms with E-state index in [1.165, 1.54) is 0 Å². The SMILES string of the molecule is CS1(c2ccn[nH]2)C(c2ccc(C[C@@H](CN)C(N)=O)cc2)=CC(Cl)=C1Cl. The third-order valence-corrected chi connectivity index (χ3v) is 9.48. The number of halogens is 2. The van der Waals surface area contributed by atoms with Crippen LogP contribution >= 0.6 is 33.2 Å². The lowest BCUT2D eigenvalue weighted by Crippen LogP contribution is -2.31. The number of amides is 1. The molecule has 0 fully saturated rings. The normalized spacial score (nSPS) is 23.5. The quantitative estimate of drug-likeness (QED) is 0.679. The van der Waals surface area contributed by atoms with Crippen molar-refractivity contribution in [2.24, 2.45) is 17.4 Å². The molecule has 2 atom stereocenters. The van der Waals surface area contributed by atoms with Crippen LogP contribution in [0, 0.1) is 5.92 Å². The lowest BCUT2D eigenvalue weighted by molar-refractivity contribution is -0.121. The third kappa shape index (κ3) is 3.30. The van der Waals surface area contributed by atoms with Crippen LogP contribution in [0.5, 0.6) is 0 Å². The maximum atomic E-state index is 11.4. The number of nitrogens with two attached hydrogens (primary N) is 2. The number of hydrogen-bond donors (Lipinski definition) is 3. The van der Waals surface area contributed by atoms with Crippen molar-refractivity contribution in [3.8, 4) is 0 Å². The van der Waals surface area contributed by atoms with E-state index in [0.717, 1.165) is 21.1 Å². The predicted octanol–water partition coefficient (Wildman–Crippen LogP) is 3.51. The van der Waals surface area contributed by atoms with Gasteiger partial charge in [0.15, 0.2) is 0 Å². The molecule has 0 aliphatic carbocycles. The number of H-pyrrole nitrogens is 1. The van der Waals surface area contributed by atoms with Gasteiger partial charge in [0.1, 0.15) is 0 Å². The number of benzene rings is 1. The van der Waals surface area contributed by atoms with E-state index < -0.39 is 10.0 Å². The molecule has 1 aliphatic rings. The number of carbonyl (C=O) groups is 1. The molecule has 1 amide bonds. The minimum Gasteiger partial charge on any atom is -0.369 e. The molecular formula is C18H20Cl2N4OS. The predicted molar refractivity (Wildman–Crippen MR) is 109 cm³/mol. The number of rotatable bonds is 6. The number of allylic oxidation sites excluding steroid dienone is 2. The maximum absolute atomic E-state index is 11.4. The van der Waals surface area contributed by atoms with Gasteiger partial charge in [0, 0.05) is 17.6 Å². The second kappa shape index (κ2) is 7.48. The molecule has 0 saturated heterocycles. The topological polar surface area (TPSA) is 97.8 Å². The zero-order valence-electron chi connectivity index (χ0n) is 14.2. The van der Waals surface area contributed by atoms with Gasteiger partial charge in [-0.15, -0.1) is 10.0 Å². The molecule has 1 aromatic carbocycles. The van der Waals surface area contributed by atoms with Crippen LogP contribution in [0.25, 0.3) is 4.91 Å². The average Bonchev–Trinajstić information content (AvgIpc) is 3.24. The van der Waals surface area contributed by atoms with E-state index in [1.807, 2.05) is 36.4 Å². The summed E-state index contributed by atoms with van der Waals surface area (Å²) in [6.07, 6.45) is 6.24. The summed E-state index contributed by atoms with van der Waals surface area (Å²) >= 11 is 12.9. The third-order valence-electron chi connectivity index (χ3n) is 4.57. The molecule has 138 valence electrons. The van der Waals surface area contributed by atoms with Crippen molar-refractivity contribution in [1.82, 2.24) is 10.2 Å². The monoisotopic (exact) mass is 410 g/mol. The minimum atomic E-state index is -1.65. The van der Waals surface area contributed by atoms with E-state index >= 15 is 0 Å². The molecule has 5 nitrogen and oxygen atoms in total. The molecule has 1 aromatic heterocycles. The molecular weight excluding hydrogens is 391 g/mol. The van der Waals surface area contributed by atoms with Crippen molar-refractivity contribution in [3.63, 3.8) is 0 Å². The molecule has 0 spiro atoms. The van der Waals surface area contributed by atoms with Crippen molar-refractivity contribution >= 4 is 44.0 Å². The highest BCUT2D eigenvalue weighted by Gasteiger charge is 2.37. The van der Waals surface area contributed by atoms with E-state index in [1.54, 1.807) is 6.20 Å². The van der Waals surface area contributed by atoms with Crippen LogP contribution in [0.1, 0.15) is 11.1 Å². The lowest BCUT2D eigenvalue weighted by Gasteiger charge is -2.33. The van der Waals surface area contributed by atoms with Crippen molar-refractivity contribution in [2.45, 2.75) is 11.4 Å². The van der Waals surface area contributed by atoms with Crippen LogP contribution in [-0.2, 0) is 11.2 Å². The molecule has 0 radical (unpaired) electrons. The van der Waals surface area contributed by atoms with E-state index in [2.05, 4.69) is 16.5 Å². The molecule has 5 N–H and O–H groups in total. The average molecular weight is 411 g/mol. The molecule has 8 heteroatoms. The van der Waals surface area contributed by atoms with Crippen LogP contribution in [0.2, 0.25) is 0 Å². The molecule has 2 aromatic rings. The summed E-state index contributed by atoms with van der Waals surface area (Å²) in [5.74, 6) is -0.743. The van der Waals surface area contributed by atoms with Gasteiger partial charge < -0.3 is 11.5 Å². The number of nitrogens with zero attached hydrogens (tertiary/aromatic N) is 1. The highest BCUT2D eigenvalue weighted by Crippen LogP contribution is 2.73. The van der Waals surface area contributed by atoms with Crippen LogP contribution in [0.3, 0.4) is 0 Å². The molecule has 3 rings (SSSR count). The maximum Gasteiger partial charge on any atom is 0.222 e. The molecule has 1 unspecified atom stereocenters. The van der Waals surface area contributed by atoms with E-state index in [9.17, 15) is 4.79 Å². The minimum absolute atomic E-state index is 0.236. The first-order valence-corrected chi connectivity index (χ1v) is 10.8. The van der Waals surface area contributed by atoms with Gasteiger partial charge in [0.2, 0.25) is 5.91 Å². The number of primary amides is 1. The standard InChI is InChI=1S/C18H20Cl2N4OS/c1-26(16-6-7-23-24-16)15(9-14(19)17(26)20)12-4-2-11(3-5-12)8-13(10-21)18(22)25/h2-7,9,13H,8,10,21H2,1H3,(H2,22,25)(H,23,24)/t13-/m0/s1. The second-order valence-corrected chi connectivity index (χ2v) is 10.3. The highest BCUT2D eigenvalue weighted by molar-refractivity contribution is 8.44. The number of hydrogen-bond acceptors (Lipinski definition) is 3. The van der Waals surface area contributed by atoms with Crippen LogP contribution in [0.4, 0.5) is 0 Å². The van der Waals surface area contributed by atoms with Crippen molar-refractivity contribution < 1.29 is 4.79 Å². The Balaban J connectivity index is 1.92. The Labute approximate surface area is 163 Å². The Morgan fingerprint density at radius 1 is 1.27 bits per heavy atom. The fraction of sp³-hybridized carbons (Fsp3) is 0.222. The van der Waals surface area contributed by atoms with Crippen LogP contribution in [-0.4, -0.2) is 28.9 Å². The summed E-state index contributed by atoms with van der Waals surface area (Å²) in [5.41, 5.74) is 13.0. The van der Waals surface area contributed by atoms with Gasteiger partial charge in [-0.2, -0.15) is 5.10 Å². The highest BCUT2D eigenvalue weighted by atomic mass is 35.5. The largest absolute Gasteiger partial charge is 0.369 e. The van der Waals surface area contributed by atoms with Gasteiger partial charge in [-0.3, -0.25) is 9.89 Å². The zero-order valence-corrected chi connectivity index (χ0v) is 16.5. The van der Waals surface area contributed by atoms with Crippen LogP contribution in [0.15, 0.2) is 57.0 Å². The summed E-state index contributed by atoms with van der Waals surface area (Å²) < 4.78 is 0.638. The number of nitrogens with one attached hydrogen (secondary N) is 1. The Hall–Kier alpha value is -1.73. The molecule has 2 heterocycles. The van der Waals surface area contributed by atoms with E-state index in [-0.39, 0.29) is 18.4 Å². The number of carbonyl (C=O) groups excluding carboxylic acids is 1. The van der Waals surface area contributed by atoms with Crippen molar-refractivity contribution in [3.05, 3.63) is 63.1 Å². The van der Waals surface area contributed by atoms with Crippen LogP contribution < -0.4 is 11.5 Å². The van der Waals surface area contributed by atoms with Gasteiger partial charge in [0.05, 0.1) is 20.3 Å². The molecule has 0 saturated carbocycles. The van der Waals surface area contributed by atoms with Crippen molar-refractivity contribution in [2.75, 3.05) is 12.8 Å². The first-order valence-electron chi connectivity index (χ1n) is 8.01. The van der Waals surface area contributed by atoms with E-state index in [4.69, 9.17) is 34.7 Å². The fourth-order valence-electron chi connectivity index (χ4n) is 2.98. The summed E-state index contributed by atoms with van der Waals surface area (Å²) in [5, 5.41) is 8.59. The van der Waals surface area contributed by atoms with Gasteiger partial charge in [-0.1, -0.05) is 47.5 Å². The first kappa shape index (κ1) is 19.0. The zero-order chi connectivity index (χ0) is 18.9. The van der Waals surface area contributed by atoms with Gasteiger partial charge in [-0.05, 0) is 35.9 Å². The molecule has 0 bridgehead atoms. The smallest absolute Gasteiger partial charge is 0.222 e. The fourth-order valence-corrected chi connectivity index (χ4v) is 6.77.